The summed E-state index contributed by atoms with van der Waals surface area (Å²) in [7, 11) is 0. The van der Waals surface area contributed by atoms with E-state index in [9.17, 15) is 5.11 Å². The second-order valence-corrected chi connectivity index (χ2v) is 6.40. The summed E-state index contributed by atoms with van der Waals surface area (Å²) >= 11 is 0. The van der Waals surface area contributed by atoms with Crippen molar-refractivity contribution in [2.75, 3.05) is 6.54 Å². The van der Waals surface area contributed by atoms with Gasteiger partial charge < -0.3 is 10.4 Å². The summed E-state index contributed by atoms with van der Waals surface area (Å²) in [6, 6.07) is 18.1. The van der Waals surface area contributed by atoms with E-state index in [0.29, 0.717) is 13.1 Å². The minimum Gasteiger partial charge on any atom is -0.387 e. The molecule has 25 heavy (non-hydrogen) atoms. The normalized spacial score (nSPS) is 12.3. The minimum atomic E-state index is -0.508. The highest BCUT2D eigenvalue weighted by Crippen LogP contribution is 2.19. The molecule has 1 unspecified atom stereocenters. The van der Waals surface area contributed by atoms with Crippen LogP contribution in [-0.2, 0) is 6.54 Å². The van der Waals surface area contributed by atoms with Crippen molar-refractivity contribution in [2.24, 2.45) is 0 Å². The molecule has 0 amide bonds. The van der Waals surface area contributed by atoms with Crippen molar-refractivity contribution in [3.63, 3.8) is 0 Å². The number of benzene rings is 2. The van der Waals surface area contributed by atoms with Crippen LogP contribution >= 0.6 is 0 Å². The van der Waals surface area contributed by atoms with Gasteiger partial charge in [-0.25, -0.2) is 4.68 Å². The van der Waals surface area contributed by atoms with Crippen molar-refractivity contribution in [1.82, 2.24) is 15.1 Å². The molecule has 0 bridgehead atoms. The topological polar surface area (TPSA) is 50.1 Å². The average Bonchev–Trinajstić information content (AvgIpc) is 2.91. The summed E-state index contributed by atoms with van der Waals surface area (Å²) < 4.78 is 1.98. The molecule has 1 aromatic heterocycles. The van der Waals surface area contributed by atoms with E-state index in [1.54, 1.807) is 0 Å². The molecule has 0 fully saturated rings. The quantitative estimate of drug-likeness (QED) is 0.723. The van der Waals surface area contributed by atoms with Crippen LogP contribution in [0.2, 0.25) is 0 Å². The van der Waals surface area contributed by atoms with E-state index >= 15 is 0 Å². The Morgan fingerprint density at radius 3 is 2.40 bits per heavy atom. The zero-order valence-electron chi connectivity index (χ0n) is 15.0. The summed E-state index contributed by atoms with van der Waals surface area (Å²) in [5.41, 5.74) is 6.47. The molecule has 2 N–H and O–H groups in total. The lowest BCUT2D eigenvalue weighted by Gasteiger charge is -2.14. The van der Waals surface area contributed by atoms with Gasteiger partial charge in [0.2, 0.25) is 0 Å². The van der Waals surface area contributed by atoms with Crippen molar-refractivity contribution < 1.29 is 5.11 Å². The second kappa shape index (κ2) is 7.64. The van der Waals surface area contributed by atoms with Crippen LogP contribution in [0, 0.1) is 20.8 Å². The van der Waals surface area contributed by atoms with E-state index in [1.807, 2.05) is 61.0 Å². The average molecular weight is 335 g/mol. The van der Waals surface area contributed by atoms with E-state index in [0.717, 1.165) is 28.2 Å². The summed E-state index contributed by atoms with van der Waals surface area (Å²) in [6.07, 6.45) is -0.508. The monoisotopic (exact) mass is 335 g/mol. The Morgan fingerprint density at radius 1 is 1.00 bits per heavy atom. The van der Waals surface area contributed by atoms with Crippen molar-refractivity contribution in [1.29, 1.82) is 0 Å². The molecule has 130 valence electrons. The van der Waals surface area contributed by atoms with E-state index in [2.05, 4.69) is 29.5 Å². The Kier molecular flexibility index (Phi) is 5.31. The highest BCUT2D eigenvalue weighted by molar-refractivity contribution is 5.37. The lowest BCUT2D eigenvalue weighted by atomic mass is 10.0. The van der Waals surface area contributed by atoms with Crippen molar-refractivity contribution in [3.8, 4) is 5.69 Å². The first-order valence-corrected chi connectivity index (χ1v) is 8.62. The summed E-state index contributed by atoms with van der Waals surface area (Å²) in [5.74, 6) is 0. The number of hydrogen-bond acceptors (Lipinski definition) is 3. The Bertz CT molecular complexity index is 840. The fourth-order valence-electron chi connectivity index (χ4n) is 3.16. The Hall–Kier alpha value is -2.43. The number of aliphatic hydroxyl groups excluding tert-OH is 1. The Morgan fingerprint density at radius 2 is 1.68 bits per heavy atom. The molecule has 0 radical (unpaired) electrons. The van der Waals surface area contributed by atoms with Gasteiger partial charge in [0.1, 0.15) is 0 Å². The van der Waals surface area contributed by atoms with Gasteiger partial charge in [0.15, 0.2) is 0 Å². The SMILES string of the molecule is Cc1ccccc1C(O)CNCc1c(C)nn(-c2ccccc2)c1C. The van der Waals surface area contributed by atoms with Gasteiger partial charge in [-0.15, -0.1) is 0 Å². The molecule has 4 heteroatoms. The molecular formula is C21H25N3O. The van der Waals surface area contributed by atoms with Crippen LogP contribution in [0.3, 0.4) is 0 Å². The summed E-state index contributed by atoms with van der Waals surface area (Å²) in [4.78, 5) is 0. The van der Waals surface area contributed by atoms with Gasteiger partial charge in [0.05, 0.1) is 17.5 Å². The molecule has 0 aliphatic heterocycles. The third kappa shape index (κ3) is 3.81. The van der Waals surface area contributed by atoms with Crippen LogP contribution in [0.1, 0.15) is 34.2 Å². The molecular weight excluding hydrogens is 310 g/mol. The predicted octanol–water partition coefficient (Wildman–Crippen LogP) is 3.62. The van der Waals surface area contributed by atoms with Gasteiger partial charge in [-0.3, -0.25) is 0 Å². The molecule has 1 atom stereocenters. The third-order valence-corrected chi connectivity index (χ3v) is 4.63. The van der Waals surface area contributed by atoms with Crippen molar-refractivity contribution in [3.05, 3.63) is 82.7 Å². The van der Waals surface area contributed by atoms with E-state index < -0.39 is 6.10 Å². The van der Waals surface area contributed by atoms with Crippen LogP contribution in [0.25, 0.3) is 5.69 Å². The van der Waals surface area contributed by atoms with Crippen LogP contribution in [0.4, 0.5) is 0 Å². The maximum absolute atomic E-state index is 10.4. The molecule has 0 saturated heterocycles. The van der Waals surface area contributed by atoms with Gasteiger partial charge in [-0.2, -0.15) is 5.10 Å². The molecule has 3 rings (SSSR count). The largest absolute Gasteiger partial charge is 0.387 e. The zero-order valence-corrected chi connectivity index (χ0v) is 15.0. The number of aromatic nitrogens is 2. The highest BCUT2D eigenvalue weighted by Gasteiger charge is 2.14. The van der Waals surface area contributed by atoms with Gasteiger partial charge in [0, 0.05) is 24.3 Å². The number of hydrogen-bond donors (Lipinski definition) is 2. The molecule has 0 saturated carbocycles. The van der Waals surface area contributed by atoms with Gasteiger partial charge in [-0.1, -0.05) is 42.5 Å². The molecule has 0 aliphatic rings. The van der Waals surface area contributed by atoms with Gasteiger partial charge in [0.25, 0.3) is 0 Å². The number of rotatable bonds is 6. The molecule has 2 aromatic carbocycles. The number of nitrogens with zero attached hydrogens (tertiary/aromatic N) is 2. The van der Waals surface area contributed by atoms with Crippen molar-refractivity contribution >= 4 is 0 Å². The number of nitrogens with one attached hydrogen (secondary N) is 1. The summed E-state index contributed by atoms with van der Waals surface area (Å²) in [5, 5.41) is 18.5. The van der Waals surface area contributed by atoms with E-state index in [4.69, 9.17) is 0 Å². The first kappa shape index (κ1) is 17.4. The lowest BCUT2D eigenvalue weighted by molar-refractivity contribution is 0.173. The molecule has 0 aliphatic carbocycles. The molecule has 1 heterocycles. The maximum Gasteiger partial charge on any atom is 0.0917 e. The molecule has 0 spiro atoms. The molecule has 3 aromatic rings. The predicted molar refractivity (Wildman–Crippen MR) is 101 cm³/mol. The third-order valence-electron chi connectivity index (χ3n) is 4.63. The highest BCUT2D eigenvalue weighted by atomic mass is 16.3. The standard InChI is InChI=1S/C21H25N3O/c1-15-9-7-8-12-19(15)21(25)14-22-13-20-16(2)23-24(17(20)3)18-10-5-4-6-11-18/h4-12,21-22,25H,13-14H2,1-3H3. The number of aryl methyl sites for hydroxylation is 2. The minimum absolute atomic E-state index is 0.508. The van der Waals surface area contributed by atoms with Crippen LogP contribution in [0.5, 0.6) is 0 Å². The van der Waals surface area contributed by atoms with Crippen LogP contribution in [-0.4, -0.2) is 21.4 Å². The van der Waals surface area contributed by atoms with Gasteiger partial charge >= 0.3 is 0 Å². The Labute approximate surface area is 149 Å². The summed E-state index contributed by atoms with van der Waals surface area (Å²) in [6.45, 7) is 7.34. The number of aliphatic hydroxyl groups is 1. The smallest absolute Gasteiger partial charge is 0.0917 e. The first-order valence-electron chi connectivity index (χ1n) is 8.62. The Balaban J connectivity index is 1.68. The van der Waals surface area contributed by atoms with Gasteiger partial charge in [-0.05, 0) is 44.0 Å². The van der Waals surface area contributed by atoms with Crippen LogP contribution in [0.15, 0.2) is 54.6 Å². The van der Waals surface area contributed by atoms with E-state index in [-0.39, 0.29) is 0 Å². The van der Waals surface area contributed by atoms with Crippen LogP contribution < -0.4 is 5.32 Å². The van der Waals surface area contributed by atoms with Crippen molar-refractivity contribution in [2.45, 2.75) is 33.4 Å². The maximum atomic E-state index is 10.4. The first-order chi connectivity index (χ1) is 12.1. The van der Waals surface area contributed by atoms with E-state index in [1.165, 1.54) is 5.56 Å². The number of para-hydroxylation sites is 1. The molecule has 4 nitrogen and oxygen atoms in total. The second-order valence-electron chi connectivity index (χ2n) is 6.40. The fraction of sp³-hybridized carbons (Fsp3) is 0.286. The lowest BCUT2D eigenvalue weighted by Crippen LogP contribution is -2.22. The zero-order chi connectivity index (χ0) is 17.8. The fourth-order valence-corrected chi connectivity index (χ4v) is 3.16.